The van der Waals surface area contributed by atoms with E-state index in [0.717, 1.165) is 16.8 Å². The zero-order valence-electron chi connectivity index (χ0n) is 12.6. The molecule has 2 rings (SSSR count). The zero-order chi connectivity index (χ0) is 14.5. The van der Waals surface area contributed by atoms with E-state index in [1.54, 1.807) is 0 Å². The van der Waals surface area contributed by atoms with Crippen molar-refractivity contribution < 1.29 is 4.79 Å². The Labute approximate surface area is 121 Å². The van der Waals surface area contributed by atoms with Gasteiger partial charge >= 0.3 is 6.03 Å². The molecule has 0 saturated heterocycles. The van der Waals surface area contributed by atoms with E-state index in [1.807, 2.05) is 38.2 Å². The van der Waals surface area contributed by atoms with Crippen LogP contribution < -0.4 is 10.6 Å². The van der Waals surface area contributed by atoms with Crippen LogP contribution in [-0.2, 0) is 0 Å². The van der Waals surface area contributed by atoms with Crippen molar-refractivity contribution in [2.75, 3.05) is 5.32 Å². The van der Waals surface area contributed by atoms with Gasteiger partial charge in [-0.2, -0.15) is 0 Å². The van der Waals surface area contributed by atoms with Crippen LogP contribution in [0, 0.1) is 19.8 Å². The molecule has 1 aromatic carbocycles. The van der Waals surface area contributed by atoms with Crippen LogP contribution in [0.3, 0.4) is 0 Å². The molecule has 3 nitrogen and oxygen atoms in total. The molecular formula is C17H24N2O. The van der Waals surface area contributed by atoms with Crippen molar-refractivity contribution in [3.8, 4) is 0 Å². The van der Waals surface area contributed by atoms with Gasteiger partial charge in [-0.15, -0.1) is 0 Å². The quantitative estimate of drug-likeness (QED) is 0.834. The SMILES string of the molecule is C/C(=C\NC(=O)Nc1c(C)cccc1C)C1CCCC1. The summed E-state index contributed by atoms with van der Waals surface area (Å²) in [4.78, 5) is 12.0. The summed E-state index contributed by atoms with van der Waals surface area (Å²) in [6.45, 7) is 6.11. The molecular weight excluding hydrogens is 248 g/mol. The number of amides is 2. The molecule has 108 valence electrons. The Morgan fingerprint density at radius 1 is 1.20 bits per heavy atom. The van der Waals surface area contributed by atoms with Gasteiger partial charge in [0.2, 0.25) is 0 Å². The van der Waals surface area contributed by atoms with Gasteiger partial charge in [0.25, 0.3) is 0 Å². The van der Waals surface area contributed by atoms with Gasteiger partial charge in [-0.3, -0.25) is 0 Å². The molecule has 0 heterocycles. The minimum atomic E-state index is -0.167. The van der Waals surface area contributed by atoms with E-state index in [9.17, 15) is 4.79 Å². The lowest BCUT2D eigenvalue weighted by Gasteiger charge is -2.13. The number of carbonyl (C=O) groups is 1. The number of para-hydroxylation sites is 1. The number of anilines is 1. The lowest BCUT2D eigenvalue weighted by Crippen LogP contribution is -2.25. The smallest absolute Gasteiger partial charge is 0.314 e. The first-order valence-corrected chi connectivity index (χ1v) is 7.38. The largest absolute Gasteiger partial charge is 0.323 e. The monoisotopic (exact) mass is 272 g/mol. The van der Waals surface area contributed by atoms with Crippen molar-refractivity contribution in [1.29, 1.82) is 0 Å². The predicted octanol–water partition coefficient (Wildman–Crippen LogP) is 4.52. The van der Waals surface area contributed by atoms with Crippen molar-refractivity contribution in [3.05, 3.63) is 41.1 Å². The normalized spacial score (nSPS) is 16.2. The van der Waals surface area contributed by atoms with Crippen LogP contribution in [0.4, 0.5) is 10.5 Å². The highest BCUT2D eigenvalue weighted by molar-refractivity contribution is 5.91. The van der Waals surface area contributed by atoms with Crippen LogP contribution in [-0.4, -0.2) is 6.03 Å². The number of allylic oxidation sites excluding steroid dienone is 1. The first-order chi connectivity index (χ1) is 9.58. The summed E-state index contributed by atoms with van der Waals surface area (Å²) < 4.78 is 0. The molecule has 1 fully saturated rings. The fourth-order valence-electron chi connectivity index (χ4n) is 2.84. The van der Waals surface area contributed by atoms with Gasteiger partial charge in [0.1, 0.15) is 0 Å². The fraction of sp³-hybridized carbons (Fsp3) is 0.471. The molecule has 2 amide bonds. The molecule has 0 bridgehead atoms. The molecule has 20 heavy (non-hydrogen) atoms. The van der Waals surface area contributed by atoms with E-state index >= 15 is 0 Å². The summed E-state index contributed by atoms with van der Waals surface area (Å²) in [5.74, 6) is 0.649. The van der Waals surface area contributed by atoms with Crippen LogP contribution in [0.25, 0.3) is 0 Å². The molecule has 0 radical (unpaired) electrons. The lowest BCUT2D eigenvalue weighted by atomic mass is 10.0. The summed E-state index contributed by atoms with van der Waals surface area (Å²) in [7, 11) is 0. The predicted molar refractivity (Wildman–Crippen MR) is 83.8 cm³/mol. The lowest BCUT2D eigenvalue weighted by molar-refractivity contribution is 0.255. The fourth-order valence-corrected chi connectivity index (χ4v) is 2.84. The van der Waals surface area contributed by atoms with E-state index in [0.29, 0.717) is 5.92 Å². The molecule has 1 aromatic rings. The third-order valence-electron chi connectivity index (χ3n) is 4.15. The van der Waals surface area contributed by atoms with E-state index in [1.165, 1.54) is 31.3 Å². The number of carbonyl (C=O) groups excluding carboxylic acids is 1. The minimum Gasteiger partial charge on any atom is -0.314 e. The summed E-state index contributed by atoms with van der Waals surface area (Å²) in [6.07, 6.45) is 6.99. The Kier molecular flexibility index (Phi) is 4.83. The molecule has 0 aliphatic heterocycles. The number of hydrogen-bond acceptors (Lipinski definition) is 1. The first kappa shape index (κ1) is 14.6. The van der Waals surface area contributed by atoms with E-state index in [-0.39, 0.29) is 6.03 Å². The molecule has 0 spiro atoms. The van der Waals surface area contributed by atoms with Gasteiger partial charge in [0, 0.05) is 11.9 Å². The highest BCUT2D eigenvalue weighted by atomic mass is 16.2. The van der Waals surface area contributed by atoms with Crippen molar-refractivity contribution in [2.24, 2.45) is 5.92 Å². The Balaban J connectivity index is 1.94. The minimum absolute atomic E-state index is 0.167. The van der Waals surface area contributed by atoms with Crippen molar-refractivity contribution in [2.45, 2.75) is 46.5 Å². The Morgan fingerprint density at radius 2 is 1.80 bits per heavy atom. The maximum absolute atomic E-state index is 12.0. The topological polar surface area (TPSA) is 41.1 Å². The van der Waals surface area contributed by atoms with Crippen molar-refractivity contribution >= 4 is 11.7 Å². The van der Waals surface area contributed by atoms with Crippen LogP contribution >= 0.6 is 0 Å². The molecule has 1 aliphatic carbocycles. The van der Waals surface area contributed by atoms with Gasteiger partial charge < -0.3 is 10.6 Å². The molecule has 2 N–H and O–H groups in total. The van der Waals surface area contributed by atoms with Gasteiger partial charge in [-0.1, -0.05) is 36.6 Å². The van der Waals surface area contributed by atoms with Gasteiger partial charge in [0.15, 0.2) is 0 Å². The molecule has 1 saturated carbocycles. The number of hydrogen-bond donors (Lipinski definition) is 2. The Bertz CT molecular complexity index is 493. The summed E-state index contributed by atoms with van der Waals surface area (Å²) in [6, 6.07) is 5.84. The Hall–Kier alpha value is -1.77. The Morgan fingerprint density at radius 3 is 2.40 bits per heavy atom. The average Bonchev–Trinajstić information content (AvgIpc) is 2.94. The second-order valence-electron chi connectivity index (χ2n) is 5.74. The molecule has 3 heteroatoms. The van der Waals surface area contributed by atoms with Gasteiger partial charge in [0.05, 0.1) is 0 Å². The van der Waals surface area contributed by atoms with Crippen LogP contribution in [0.15, 0.2) is 30.0 Å². The summed E-state index contributed by atoms with van der Waals surface area (Å²) >= 11 is 0. The van der Waals surface area contributed by atoms with Crippen molar-refractivity contribution in [1.82, 2.24) is 5.32 Å². The maximum Gasteiger partial charge on any atom is 0.323 e. The van der Waals surface area contributed by atoms with Crippen molar-refractivity contribution in [3.63, 3.8) is 0 Å². The maximum atomic E-state index is 12.0. The van der Waals surface area contributed by atoms with Crippen LogP contribution in [0.5, 0.6) is 0 Å². The second-order valence-corrected chi connectivity index (χ2v) is 5.74. The molecule has 1 aliphatic rings. The molecule has 0 unspecified atom stereocenters. The summed E-state index contributed by atoms with van der Waals surface area (Å²) in [5, 5.41) is 5.78. The van der Waals surface area contributed by atoms with E-state index in [2.05, 4.69) is 17.6 Å². The number of aryl methyl sites for hydroxylation is 2. The number of rotatable bonds is 3. The van der Waals surface area contributed by atoms with Gasteiger partial charge in [-0.05, 0) is 50.7 Å². The zero-order valence-corrected chi connectivity index (χ0v) is 12.6. The molecule has 0 atom stereocenters. The average molecular weight is 272 g/mol. The number of benzene rings is 1. The molecule has 0 aromatic heterocycles. The standard InChI is InChI=1S/C17H24N2O/c1-12-7-6-8-13(2)16(12)19-17(20)18-11-14(3)15-9-4-5-10-15/h6-8,11,15H,4-5,9-10H2,1-3H3,(H2,18,19,20)/b14-11+. The second kappa shape index (κ2) is 6.60. The van der Waals surface area contributed by atoms with E-state index in [4.69, 9.17) is 0 Å². The van der Waals surface area contributed by atoms with E-state index < -0.39 is 0 Å². The highest BCUT2D eigenvalue weighted by Crippen LogP contribution is 2.30. The third kappa shape index (κ3) is 3.62. The number of nitrogens with one attached hydrogen (secondary N) is 2. The first-order valence-electron chi connectivity index (χ1n) is 7.38. The van der Waals surface area contributed by atoms with Crippen LogP contribution in [0.1, 0.15) is 43.7 Å². The third-order valence-corrected chi connectivity index (χ3v) is 4.15. The summed E-state index contributed by atoms with van der Waals surface area (Å²) in [5.41, 5.74) is 4.34. The highest BCUT2D eigenvalue weighted by Gasteiger charge is 2.16. The number of urea groups is 1. The van der Waals surface area contributed by atoms with Gasteiger partial charge in [-0.25, -0.2) is 4.79 Å². The van der Waals surface area contributed by atoms with Crippen LogP contribution in [0.2, 0.25) is 0 Å².